The molecule has 1 heterocycles. The number of ether oxygens (including phenoxy) is 2. The average Bonchev–Trinajstić information content (AvgIpc) is 3.26. The maximum atomic E-state index is 14.7. The highest BCUT2D eigenvalue weighted by molar-refractivity contribution is 5.97. The van der Waals surface area contributed by atoms with E-state index in [1.54, 1.807) is 48.5 Å². The number of hydrazone groups is 1. The van der Waals surface area contributed by atoms with Gasteiger partial charge in [0, 0.05) is 19.1 Å². The van der Waals surface area contributed by atoms with Crippen LogP contribution in [0, 0.1) is 11.6 Å². The van der Waals surface area contributed by atoms with E-state index < -0.39 is 29.4 Å². The number of nitrogens with zero attached hydrogens (tertiary/aromatic N) is 2. The molecule has 0 radical (unpaired) electrons. The molecule has 4 rings (SSSR count). The van der Waals surface area contributed by atoms with Crippen molar-refractivity contribution in [2.45, 2.75) is 24.7 Å². The summed E-state index contributed by atoms with van der Waals surface area (Å²) in [6.45, 7) is 0.329. The van der Waals surface area contributed by atoms with Crippen molar-refractivity contribution in [1.82, 2.24) is 5.01 Å². The fourth-order valence-corrected chi connectivity index (χ4v) is 4.03. The number of halogens is 2. The number of rotatable bonds is 8. The van der Waals surface area contributed by atoms with Gasteiger partial charge in [0.2, 0.25) is 11.6 Å². The van der Waals surface area contributed by atoms with E-state index in [2.05, 4.69) is 5.10 Å². The SMILES string of the molecule is CO[C@H](C(=O)N1N=C(c2cc(F)ccc2F)OC1(CCCN)c1ccccc1)c1ccccc1. The lowest BCUT2D eigenvalue weighted by atomic mass is 9.95. The van der Waals surface area contributed by atoms with Crippen LogP contribution in [-0.2, 0) is 20.0 Å². The molecule has 34 heavy (non-hydrogen) atoms. The number of methoxy groups -OCH3 is 1. The smallest absolute Gasteiger partial charge is 0.280 e. The van der Waals surface area contributed by atoms with Crippen molar-refractivity contribution in [3.05, 3.63) is 107 Å². The Bertz CT molecular complexity index is 1170. The second-order valence-electron chi connectivity index (χ2n) is 7.85. The topological polar surface area (TPSA) is 77.1 Å². The lowest BCUT2D eigenvalue weighted by molar-refractivity contribution is -0.164. The monoisotopic (exact) mass is 465 g/mol. The van der Waals surface area contributed by atoms with Crippen molar-refractivity contribution < 1.29 is 23.0 Å². The van der Waals surface area contributed by atoms with Gasteiger partial charge < -0.3 is 15.2 Å². The molecule has 1 unspecified atom stereocenters. The van der Waals surface area contributed by atoms with Crippen molar-refractivity contribution in [3.63, 3.8) is 0 Å². The average molecular weight is 466 g/mol. The van der Waals surface area contributed by atoms with Gasteiger partial charge in [0.15, 0.2) is 6.10 Å². The van der Waals surface area contributed by atoms with Gasteiger partial charge in [-0.3, -0.25) is 4.79 Å². The Morgan fingerprint density at radius 2 is 1.76 bits per heavy atom. The Hall–Kier alpha value is -3.62. The second-order valence-corrected chi connectivity index (χ2v) is 7.85. The van der Waals surface area contributed by atoms with Crippen molar-refractivity contribution in [3.8, 4) is 0 Å². The number of hydrogen-bond donors (Lipinski definition) is 1. The molecule has 0 saturated carbocycles. The van der Waals surface area contributed by atoms with Gasteiger partial charge in [-0.15, -0.1) is 5.10 Å². The standard InChI is InChI=1S/C26H25F2N3O3/c1-33-23(18-9-4-2-5-10-18)25(32)31-26(15-8-16-29,19-11-6-3-7-12-19)34-24(30-31)21-17-20(27)13-14-22(21)28/h2-7,9-14,17,23H,8,15-16,29H2,1H3/t23-,26?/m0/s1. The van der Waals surface area contributed by atoms with Gasteiger partial charge in [0.25, 0.3) is 5.91 Å². The van der Waals surface area contributed by atoms with E-state index >= 15 is 0 Å². The zero-order valence-corrected chi connectivity index (χ0v) is 18.7. The van der Waals surface area contributed by atoms with E-state index in [-0.39, 0.29) is 17.9 Å². The van der Waals surface area contributed by atoms with E-state index in [1.165, 1.54) is 12.1 Å². The molecular formula is C26H25F2N3O3. The van der Waals surface area contributed by atoms with Crippen LogP contribution in [0.1, 0.15) is 35.6 Å². The quantitative estimate of drug-likeness (QED) is 0.533. The Labute approximate surface area is 196 Å². The first-order valence-electron chi connectivity index (χ1n) is 10.9. The van der Waals surface area contributed by atoms with E-state index in [9.17, 15) is 13.6 Å². The predicted molar refractivity (Wildman–Crippen MR) is 123 cm³/mol. The summed E-state index contributed by atoms with van der Waals surface area (Å²) in [7, 11) is 1.42. The number of carbonyl (C=O) groups is 1. The summed E-state index contributed by atoms with van der Waals surface area (Å²) in [5.41, 5.74) is 5.44. The van der Waals surface area contributed by atoms with Crippen molar-refractivity contribution in [2.24, 2.45) is 10.8 Å². The third-order valence-electron chi connectivity index (χ3n) is 5.67. The molecule has 1 aliphatic rings. The molecule has 3 aromatic carbocycles. The van der Waals surface area contributed by atoms with E-state index in [4.69, 9.17) is 15.2 Å². The van der Waals surface area contributed by atoms with Gasteiger partial charge in [0.05, 0.1) is 5.56 Å². The number of nitrogens with two attached hydrogens (primary N) is 1. The zero-order valence-electron chi connectivity index (χ0n) is 18.7. The normalized spacial score (nSPS) is 18.4. The first-order valence-corrected chi connectivity index (χ1v) is 10.9. The molecule has 8 heteroatoms. The molecule has 2 N–H and O–H groups in total. The summed E-state index contributed by atoms with van der Waals surface area (Å²) in [5.74, 6) is -2.09. The zero-order chi connectivity index (χ0) is 24.1. The largest absolute Gasteiger partial charge is 0.443 e. The van der Waals surface area contributed by atoms with Gasteiger partial charge in [-0.2, -0.15) is 5.01 Å². The van der Waals surface area contributed by atoms with E-state index in [1.807, 2.05) is 12.1 Å². The summed E-state index contributed by atoms with van der Waals surface area (Å²) < 4.78 is 40.5. The maximum Gasteiger partial charge on any atom is 0.280 e. The molecule has 0 bridgehead atoms. The van der Waals surface area contributed by atoms with Crippen LogP contribution in [0.5, 0.6) is 0 Å². The minimum absolute atomic E-state index is 0.183. The van der Waals surface area contributed by atoms with Crippen LogP contribution >= 0.6 is 0 Å². The minimum atomic E-state index is -1.42. The molecule has 1 aliphatic heterocycles. The van der Waals surface area contributed by atoms with Gasteiger partial charge >= 0.3 is 0 Å². The highest BCUT2D eigenvalue weighted by atomic mass is 19.1. The van der Waals surface area contributed by atoms with Crippen molar-refractivity contribution in [2.75, 3.05) is 13.7 Å². The first kappa shape index (κ1) is 23.5. The van der Waals surface area contributed by atoms with Gasteiger partial charge in [-0.1, -0.05) is 60.7 Å². The van der Waals surface area contributed by atoms with Crippen LogP contribution in [0.25, 0.3) is 0 Å². The third kappa shape index (κ3) is 4.42. The van der Waals surface area contributed by atoms with Crippen LogP contribution in [0.2, 0.25) is 0 Å². The molecule has 6 nitrogen and oxygen atoms in total. The summed E-state index contributed by atoms with van der Waals surface area (Å²) >= 11 is 0. The molecule has 0 aliphatic carbocycles. The number of carbonyl (C=O) groups excluding carboxylic acids is 1. The van der Waals surface area contributed by atoms with Gasteiger partial charge in [0.1, 0.15) is 11.6 Å². The summed E-state index contributed by atoms with van der Waals surface area (Å²) in [6.07, 6.45) is -0.240. The maximum absolute atomic E-state index is 14.7. The fourth-order valence-electron chi connectivity index (χ4n) is 4.03. The second kappa shape index (κ2) is 10.1. The molecule has 2 atom stereocenters. The Balaban J connectivity index is 1.87. The fraction of sp³-hybridized carbons (Fsp3) is 0.231. The van der Waals surface area contributed by atoms with Crippen LogP contribution in [-0.4, -0.2) is 30.5 Å². The summed E-state index contributed by atoms with van der Waals surface area (Å²) in [6, 6.07) is 21.0. The first-order chi connectivity index (χ1) is 16.5. The van der Waals surface area contributed by atoms with E-state index in [0.29, 0.717) is 24.1 Å². The van der Waals surface area contributed by atoms with Gasteiger partial charge in [-0.05, 0) is 36.7 Å². The number of amides is 1. The third-order valence-corrected chi connectivity index (χ3v) is 5.67. The highest BCUT2D eigenvalue weighted by Crippen LogP contribution is 2.42. The predicted octanol–water partition coefficient (Wildman–Crippen LogP) is 4.46. The van der Waals surface area contributed by atoms with Gasteiger partial charge in [-0.25, -0.2) is 8.78 Å². The van der Waals surface area contributed by atoms with Crippen molar-refractivity contribution in [1.29, 1.82) is 0 Å². The molecule has 0 fully saturated rings. The molecule has 0 spiro atoms. The molecular weight excluding hydrogens is 440 g/mol. The van der Waals surface area contributed by atoms with Crippen LogP contribution in [0.3, 0.4) is 0 Å². The molecule has 0 saturated heterocycles. The Morgan fingerprint density at radius 3 is 2.41 bits per heavy atom. The molecule has 1 amide bonds. The molecule has 0 aromatic heterocycles. The van der Waals surface area contributed by atoms with Crippen molar-refractivity contribution >= 4 is 11.8 Å². The lowest BCUT2D eigenvalue weighted by Gasteiger charge is -2.36. The summed E-state index contributed by atoms with van der Waals surface area (Å²) in [5, 5.41) is 5.57. The Kier molecular flexibility index (Phi) is 7.00. The molecule has 176 valence electrons. The van der Waals surface area contributed by atoms with Crippen LogP contribution < -0.4 is 5.73 Å². The van der Waals surface area contributed by atoms with Crippen LogP contribution in [0.4, 0.5) is 8.78 Å². The Morgan fingerprint density at radius 1 is 1.09 bits per heavy atom. The number of benzene rings is 3. The number of hydrogen-bond acceptors (Lipinski definition) is 5. The highest BCUT2D eigenvalue weighted by Gasteiger charge is 2.51. The lowest BCUT2D eigenvalue weighted by Crippen LogP contribution is -2.47. The molecule has 3 aromatic rings. The van der Waals surface area contributed by atoms with Crippen LogP contribution in [0.15, 0.2) is 84.0 Å². The summed E-state index contributed by atoms with van der Waals surface area (Å²) in [4.78, 5) is 13.9. The van der Waals surface area contributed by atoms with E-state index in [0.717, 1.165) is 18.2 Å². The minimum Gasteiger partial charge on any atom is -0.443 e.